The third kappa shape index (κ3) is 5.74. The largest absolute Gasteiger partial charge is 0.497 e. The standard InChI is InChI=1S/C24H22O4/c1-26-21-12-10-19(11-13-21)7-5-6-18-27-22-14-16-23(17-15-22)28-24(25)20-8-3-2-4-9-20/h2-5,7-17H,6,18H2,1H3/b7-5+. The van der Waals surface area contributed by atoms with Gasteiger partial charge in [-0.15, -0.1) is 0 Å². The molecule has 0 unspecified atom stereocenters. The van der Waals surface area contributed by atoms with Gasteiger partial charge in [0.2, 0.25) is 0 Å². The molecule has 0 N–H and O–H groups in total. The first kappa shape index (κ1) is 19.2. The maximum Gasteiger partial charge on any atom is 0.343 e. The molecule has 3 aromatic carbocycles. The molecule has 0 radical (unpaired) electrons. The van der Waals surface area contributed by atoms with Crippen LogP contribution in [0.2, 0.25) is 0 Å². The Morgan fingerprint density at radius 3 is 2.14 bits per heavy atom. The predicted octanol–water partition coefficient (Wildman–Crippen LogP) is 5.40. The van der Waals surface area contributed by atoms with Gasteiger partial charge in [-0.1, -0.05) is 42.5 Å². The Balaban J connectivity index is 1.42. The van der Waals surface area contributed by atoms with Gasteiger partial charge in [-0.2, -0.15) is 0 Å². The van der Waals surface area contributed by atoms with Crippen molar-refractivity contribution in [2.75, 3.05) is 13.7 Å². The molecule has 0 amide bonds. The number of carbonyl (C=O) groups excluding carboxylic acids is 1. The molecule has 0 saturated carbocycles. The fourth-order valence-corrected chi connectivity index (χ4v) is 2.52. The molecule has 4 nitrogen and oxygen atoms in total. The molecule has 142 valence electrons. The number of hydrogen-bond acceptors (Lipinski definition) is 4. The Kier molecular flexibility index (Phi) is 6.85. The minimum Gasteiger partial charge on any atom is -0.497 e. The third-order valence-electron chi connectivity index (χ3n) is 4.02. The molecule has 3 rings (SSSR count). The van der Waals surface area contributed by atoms with E-state index in [0.717, 1.165) is 23.5 Å². The van der Waals surface area contributed by atoms with Crippen LogP contribution in [0, 0.1) is 0 Å². The van der Waals surface area contributed by atoms with Gasteiger partial charge in [0.25, 0.3) is 0 Å². The third-order valence-corrected chi connectivity index (χ3v) is 4.02. The van der Waals surface area contributed by atoms with Crippen molar-refractivity contribution in [3.05, 3.63) is 96.1 Å². The van der Waals surface area contributed by atoms with E-state index in [0.29, 0.717) is 17.9 Å². The molecule has 0 atom stereocenters. The second-order valence-corrected chi connectivity index (χ2v) is 6.04. The Morgan fingerprint density at radius 2 is 1.46 bits per heavy atom. The molecule has 0 aliphatic heterocycles. The number of carbonyl (C=O) groups is 1. The van der Waals surface area contributed by atoms with E-state index in [-0.39, 0.29) is 5.97 Å². The fraction of sp³-hybridized carbons (Fsp3) is 0.125. The number of hydrogen-bond donors (Lipinski definition) is 0. The number of rotatable bonds is 8. The van der Waals surface area contributed by atoms with Crippen LogP contribution < -0.4 is 14.2 Å². The van der Waals surface area contributed by atoms with Gasteiger partial charge in [-0.3, -0.25) is 0 Å². The van der Waals surface area contributed by atoms with E-state index in [1.807, 2.05) is 30.3 Å². The quantitative estimate of drug-likeness (QED) is 0.301. The van der Waals surface area contributed by atoms with E-state index < -0.39 is 0 Å². The number of ether oxygens (including phenoxy) is 3. The van der Waals surface area contributed by atoms with Crippen molar-refractivity contribution in [2.45, 2.75) is 6.42 Å². The highest BCUT2D eigenvalue weighted by molar-refractivity contribution is 5.90. The Bertz CT molecular complexity index is 898. The average molecular weight is 374 g/mol. The van der Waals surface area contributed by atoms with Crippen LogP contribution in [0.1, 0.15) is 22.3 Å². The molecule has 0 bridgehead atoms. The SMILES string of the molecule is COc1ccc(/C=C/CCOc2ccc(OC(=O)c3ccccc3)cc2)cc1. The van der Waals surface area contributed by atoms with E-state index in [1.165, 1.54) is 0 Å². The highest BCUT2D eigenvalue weighted by atomic mass is 16.5. The number of methoxy groups -OCH3 is 1. The van der Waals surface area contributed by atoms with E-state index >= 15 is 0 Å². The summed E-state index contributed by atoms with van der Waals surface area (Å²) in [6, 6.07) is 23.8. The molecule has 0 aromatic heterocycles. The predicted molar refractivity (Wildman–Crippen MR) is 110 cm³/mol. The summed E-state index contributed by atoms with van der Waals surface area (Å²) in [7, 11) is 1.65. The minimum atomic E-state index is -0.377. The number of benzene rings is 3. The maximum absolute atomic E-state index is 12.0. The van der Waals surface area contributed by atoms with Gasteiger partial charge >= 0.3 is 5.97 Å². The smallest absolute Gasteiger partial charge is 0.343 e. The van der Waals surface area contributed by atoms with Crippen molar-refractivity contribution in [3.8, 4) is 17.2 Å². The zero-order chi connectivity index (χ0) is 19.6. The summed E-state index contributed by atoms with van der Waals surface area (Å²) >= 11 is 0. The van der Waals surface area contributed by atoms with Crippen molar-refractivity contribution < 1.29 is 19.0 Å². The van der Waals surface area contributed by atoms with E-state index in [4.69, 9.17) is 14.2 Å². The van der Waals surface area contributed by atoms with Crippen LogP contribution in [-0.4, -0.2) is 19.7 Å². The highest BCUT2D eigenvalue weighted by Gasteiger charge is 2.07. The Morgan fingerprint density at radius 1 is 0.821 bits per heavy atom. The van der Waals surface area contributed by atoms with Crippen LogP contribution in [0.3, 0.4) is 0 Å². The molecular weight excluding hydrogens is 352 g/mol. The first-order valence-corrected chi connectivity index (χ1v) is 9.05. The molecule has 28 heavy (non-hydrogen) atoms. The van der Waals surface area contributed by atoms with Crippen LogP contribution in [0.5, 0.6) is 17.2 Å². The van der Waals surface area contributed by atoms with Gasteiger partial charge in [-0.05, 0) is 60.5 Å². The van der Waals surface area contributed by atoms with Crippen LogP contribution in [0.15, 0.2) is 84.9 Å². The first-order chi connectivity index (χ1) is 13.7. The van der Waals surface area contributed by atoms with E-state index in [1.54, 1.807) is 55.6 Å². The van der Waals surface area contributed by atoms with Gasteiger partial charge in [0.1, 0.15) is 17.2 Å². The minimum absolute atomic E-state index is 0.377. The normalized spacial score (nSPS) is 10.6. The van der Waals surface area contributed by atoms with Gasteiger partial charge in [0.05, 0.1) is 19.3 Å². The lowest BCUT2D eigenvalue weighted by Gasteiger charge is -2.07. The molecule has 4 heteroatoms. The second kappa shape index (κ2) is 9.97. The molecule has 0 spiro atoms. The van der Waals surface area contributed by atoms with Crippen molar-refractivity contribution >= 4 is 12.0 Å². The van der Waals surface area contributed by atoms with Crippen molar-refractivity contribution in [1.82, 2.24) is 0 Å². The molecule has 0 heterocycles. The van der Waals surface area contributed by atoms with Gasteiger partial charge in [0, 0.05) is 0 Å². The number of esters is 1. The lowest BCUT2D eigenvalue weighted by atomic mass is 10.2. The summed E-state index contributed by atoms with van der Waals surface area (Å²) in [5, 5.41) is 0. The lowest BCUT2D eigenvalue weighted by molar-refractivity contribution is 0.0734. The fourth-order valence-electron chi connectivity index (χ4n) is 2.52. The molecule has 0 fully saturated rings. The lowest BCUT2D eigenvalue weighted by Crippen LogP contribution is -2.08. The summed E-state index contributed by atoms with van der Waals surface area (Å²) < 4.78 is 16.2. The molecule has 0 aliphatic carbocycles. The van der Waals surface area contributed by atoms with Gasteiger partial charge in [0.15, 0.2) is 0 Å². The summed E-state index contributed by atoms with van der Waals surface area (Å²) in [5.41, 5.74) is 1.64. The second-order valence-electron chi connectivity index (χ2n) is 6.04. The Hall–Kier alpha value is -3.53. The van der Waals surface area contributed by atoms with Crippen molar-refractivity contribution in [1.29, 1.82) is 0 Å². The van der Waals surface area contributed by atoms with Crippen molar-refractivity contribution in [3.63, 3.8) is 0 Å². The van der Waals surface area contributed by atoms with Crippen LogP contribution in [0.4, 0.5) is 0 Å². The van der Waals surface area contributed by atoms with Gasteiger partial charge in [-0.25, -0.2) is 4.79 Å². The molecule has 0 saturated heterocycles. The summed E-state index contributed by atoms with van der Waals surface area (Å²) in [5.74, 6) is 1.69. The van der Waals surface area contributed by atoms with E-state index in [2.05, 4.69) is 12.2 Å². The highest BCUT2D eigenvalue weighted by Crippen LogP contribution is 2.19. The maximum atomic E-state index is 12.0. The summed E-state index contributed by atoms with van der Waals surface area (Å²) in [4.78, 5) is 12.0. The zero-order valence-electron chi connectivity index (χ0n) is 15.7. The van der Waals surface area contributed by atoms with Crippen LogP contribution in [0.25, 0.3) is 6.08 Å². The van der Waals surface area contributed by atoms with Crippen LogP contribution in [-0.2, 0) is 0 Å². The summed E-state index contributed by atoms with van der Waals surface area (Å²) in [6.45, 7) is 0.565. The average Bonchev–Trinajstić information content (AvgIpc) is 2.75. The first-order valence-electron chi connectivity index (χ1n) is 9.05. The molecular formula is C24H22O4. The summed E-state index contributed by atoms with van der Waals surface area (Å²) in [6.07, 6.45) is 4.91. The topological polar surface area (TPSA) is 44.8 Å². The van der Waals surface area contributed by atoms with Gasteiger partial charge < -0.3 is 14.2 Å². The van der Waals surface area contributed by atoms with E-state index in [9.17, 15) is 4.79 Å². The zero-order valence-corrected chi connectivity index (χ0v) is 15.7. The molecule has 3 aromatic rings. The van der Waals surface area contributed by atoms with Crippen LogP contribution >= 0.6 is 0 Å². The Labute approximate surface area is 165 Å². The monoisotopic (exact) mass is 374 g/mol. The molecule has 0 aliphatic rings. The van der Waals surface area contributed by atoms with Crippen molar-refractivity contribution in [2.24, 2.45) is 0 Å².